The Kier molecular flexibility index (Phi) is 3.32. The van der Waals surface area contributed by atoms with Crippen LogP contribution in [0.5, 0.6) is 0 Å². The number of hydrogen-bond donors (Lipinski definition) is 0. The summed E-state index contributed by atoms with van der Waals surface area (Å²) in [4.78, 5) is 11.2. The van der Waals surface area contributed by atoms with Gasteiger partial charge in [-0.25, -0.2) is 4.79 Å². The van der Waals surface area contributed by atoms with Gasteiger partial charge in [0, 0.05) is 5.88 Å². The summed E-state index contributed by atoms with van der Waals surface area (Å²) >= 11 is 5.67. The van der Waals surface area contributed by atoms with Gasteiger partial charge in [-0.05, 0) is 30.2 Å². The van der Waals surface area contributed by atoms with Crippen LogP contribution in [0, 0.1) is 6.92 Å². The predicted molar refractivity (Wildman–Crippen MR) is 52.1 cm³/mol. The summed E-state index contributed by atoms with van der Waals surface area (Å²) in [5.74, 6) is 0.0844. The zero-order chi connectivity index (χ0) is 9.84. The monoisotopic (exact) mass is 198 g/mol. The lowest BCUT2D eigenvalue weighted by molar-refractivity contribution is 0.0600. The highest BCUT2D eigenvalue weighted by Gasteiger charge is 2.06. The lowest BCUT2D eigenvalue weighted by atomic mass is 10.1. The van der Waals surface area contributed by atoms with Gasteiger partial charge in [-0.1, -0.05) is 6.07 Å². The van der Waals surface area contributed by atoms with E-state index in [1.165, 1.54) is 7.11 Å². The zero-order valence-electron chi connectivity index (χ0n) is 7.63. The molecule has 0 aliphatic rings. The van der Waals surface area contributed by atoms with E-state index < -0.39 is 0 Å². The number of carbonyl (C=O) groups is 1. The molecule has 1 aromatic rings. The number of hydrogen-bond acceptors (Lipinski definition) is 2. The van der Waals surface area contributed by atoms with Crippen molar-refractivity contribution >= 4 is 17.6 Å². The molecule has 13 heavy (non-hydrogen) atoms. The molecule has 70 valence electrons. The molecule has 0 atom stereocenters. The molecular weight excluding hydrogens is 188 g/mol. The predicted octanol–water partition coefficient (Wildman–Crippen LogP) is 2.52. The van der Waals surface area contributed by atoms with Gasteiger partial charge in [0.15, 0.2) is 0 Å². The molecule has 0 radical (unpaired) electrons. The Labute approximate surface area is 82.5 Å². The zero-order valence-corrected chi connectivity index (χ0v) is 8.39. The molecule has 0 fully saturated rings. The van der Waals surface area contributed by atoms with Crippen LogP contribution in [-0.4, -0.2) is 13.1 Å². The Morgan fingerprint density at radius 1 is 1.46 bits per heavy atom. The number of ether oxygens (including phenoxy) is 1. The first-order valence-corrected chi connectivity index (χ1v) is 4.45. The van der Waals surface area contributed by atoms with Crippen LogP contribution in [0.3, 0.4) is 0 Å². The Balaban J connectivity index is 3.08. The van der Waals surface area contributed by atoms with E-state index in [0.717, 1.165) is 11.1 Å². The van der Waals surface area contributed by atoms with E-state index in [-0.39, 0.29) is 5.97 Å². The van der Waals surface area contributed by atoms with Crippen molar-refractivity contribution in [1.82, 2.24) is 0 Å². The first kappa shape index (κ1) is 10.1. The highest BCUT2D eigenvalue weighted by molar-refractivity contribution is 6.17. The molecular formula is C10H11ClO2. The fourth-order valence-electron chi connectivity index (χ4n) is 1.18. The van der Waals surface area contributed by atoms with Gasteiger partial charge in [0.2, 0.25) is 0 Å². The number of rotatable bonds is 2. The maximum absolute atomic E-state index is 11.2. The van der Waals surface area contributed by atoms with Crippen LogP contribution < -0.4 is 0 Å². The molecule has 0 amide bonds. The van der Waals surface area contributed by atoms with Crippen molar-refractivity contribution in [2.45, 2.75) is 12.8 Å². The summed E-state index contributed by atoms with van der Waals surface area (Å²) in [6, 6.07) is 5.47. The van der Waals surface area contributed by atoms with Crippen LogP contribution in [0.1, 0.15) is 21.5 Å². The highest BCUT2D eigenvalue weighted by atomic mass is 35.5. The first-order chi connectivity index (χ1) is 6.17. The lowest BCUT2D eigenvalue weighted by Crippen LogP contribution is -2.02. The van der Waals surface area contributed by atoms with E-state index in [4.69, 9.17) is 11.6 Å². The van der Waals surface area contributed by atoms with Crippen molar-refractivity contribution in [2.24, 2.45) is 0 Å². The molecule has 0 bridgehead atoms. The van der Waals surface area contributed by atoms with Crippen molar-refractivity contribution in [3.63, 3.8) is 0 Å². The van der Waals surface area contributed by atoms with Gasteiger partial charge in [-0.2, -0.15) is 0 Å². The molecule has 0 aromatic heterocycles. The number of aryl methyl sites for hydroxylation is 1. The highest BCUT2D eigenvalue weighted by Crippen LogP contribution is 2.12. The van der Waals surface area contributed by atoms with Crippen LogP contribution >= 0.6 is 11.6 Å². The quantitative estimate of drug-likeness (QED) is 0.539. The number of benzene rings is 1. The first-order valence-electron chi connectivity index (χ1n) is 3.92. The van der Waals surface area contributed by atoms with Gasteiger partial charge in [0.05, 0.1) is 12.7 Å². The third-order valence-corrected chi connectivity index (χ3v) is 2.02. The number of carbonyl (C=O) groups excluding carboxylic acids is 1. The minimum absolute atomic E-state index is 0.324. The normalized spacial score (nSPS) is 9.77. The van der Waals surface area contributed by atoms with Gasteiger partial charge < -0.3 is 4.74 Å². The molecule has 1 rings (SSSR count). The van der Waals surface area contributed by atoms with Gasteiger partial charge in [0.25, 0.3) is 0 Å². The number of methoxy groups -OCH3 is 1. The fraction of sp³-hybridized carbons (Fsp3) is 0.300. The molecule has 0 unspecified atom stereocenters. The summed E-state index contributed by atoms with van der Waals surface area (Å²) in [7, 11) is 1.37. The Hall–Kier alpha value is -1.02. The van der Waals surface area contributed by atoms with E-state index in [1.807, 2.05) is 13.0 Å². The maximum atomic E-state index is 11.2. The Bertz CT molecular complexity index is 321. The summed E-state index contributed by atoms with van der Waals surface area (Å²) in [5.41, 5.74) is 2.50. The van der Waals surface area contributed by atoms with Gasteiger partial charge in [-0.15, -0.1) is 11.6 Å². The molecule has 0 saturated carbocycles. The SMILES string of the molecule is COC(=O)c1cc(C)cc(CCl)c1. The Morgan fingerprint density at radius 2 is 2.15 bits per heavy atom. The van der Waals surface area contributed by atoms with Gasteiger partial charge in [-0.3, -0.25) is 0 Å². The molecule has 0 saturated heterocycles. The fourth-order valence-corrected chi connectivity index (χ4v) is 1.33. The van der Waals surface area contributed by atoms with Crippen LogP contribution in [0.2, 0.25) is 0 Å². The number of alkyl halides is 1. The van der Waals surface area contributed by atoms with Gasteiger partial charge >= 0.3 is 5.97 Å². The second kappa shape index (κ2) is 4.28. The number of halogens is 1. The van der Waals surface area contributed by atoms with E-state index in [0.29, 0.717) is 11.4 Å². The van der Waals surface area contributed by atoms with E-state index in [9.17, 15) is 4.79 Å². The standard InChI is InChI=1S/C10H11ClO2/c1-7-3-8(6-11)5-9(4-7)10(12)13-2/h3-5H,6H2,1-2H3. The molecule has 0 heterocycles. The van der Waals surface area contributed by atoms with Crippen molar-refractivity contribution in [1.29, 1.82) is 0 Å². The third-order valence-electron chi connectivity index (χ3n) is 1.71. The van der Waals surface area contributed by atoms with Crippen LogP contribution in [0.4, 0.5) is 0 Å². The van der Waals surface area contributed by atoms with Crippen molar-refractivity contribution in [3.8, 4) is 0 Å². The maximum Gasteiger partial charge on any atom is 0.337 e. The smallest absolute Gasteiger partial charge is 0.337 e. The van der Waals surface area contributed by atoms with Crippen molar-refractivity contribution in [2.75, 3.05) is 7.11 Å². The molecule has 3 heteroatoms. The second-order valence-electron chi connectivity index (χ2n) is 2.83. The number of esters is 1. The topological polar surface area (TPSA) is 26.3 Å². The van der Waals surface area contributed by atoms with Crippen LogP contribution in [0.15, 0.2) is 18.2 Å². The van der Waals surface area contributed by atoms with E-state index in [2.05, 4.69) is 4.74 Å². The van der Waals surface area contributed by atoms with Crippen molar-refractivity contribution in [3.05, 3.63) is 34.9 Å². The summed E-state index contributed by atoms with van der Waals surface area (Å²) in [5, 5.41) is 0. The molecule has 0 N–H and O–H groups in total. The molecule has 0 aliphatic carbocycles. The summed E-state index contributed by atoms with van der Waals surface area (Å²) < 4.78 is 4.61. The average molecular weight is 199 g/mol. The second-order valence-corrected chi connectivity index (χ2v) is 3.10. The van der Waals surface area contributed by atoms with Crippen LogP contribution in [0.25, 0.3) is 0 Å². The molecule has 2 nitrogen and oxygen atoms in total. The van der Waals surface area contributed by atoms with Crippen LogP contribution in [-0.2, 0) is 10.6 Å². The summed E-state index contributed by atoms with van der Waals surface area (Å²) in [6.07, 6.45) is 0. The minimum atomic E-state index is -0.324. The lowest BCUT2D eigenvalue weighted by Gasteiger charge is -2.03. The van der Waals surface area contributed by atoms with Crippen molar-refractivity contribution < 1.29 is 9.53 Å². The molecule has 1 aromatic carbocycles. The molecule has 0 spiro atoms. The van der Waals surface area contributed by atoms with E-state index in [1.54, 1.807) is 12.1 Å². The molecule has 0 aliphatic heterocycles. The largest absolute Gasteiger partial charge is 0.465 e. The Morgan fingerprint density at radius 3 is 2.69 bits per heavy atom. The third kappa shape index (κ3) is 2.46. The average Bonchev–Trinajstić information content (AvgIpc) is 2.15. The minimum Gasteiger partial charge on any atom is -0.465 e. The van der Waals surface area contributed by atoms with E-state index >= 15 is 0 Å². The summed E-state index contributed by atoms with van der Waals surface area (Å²) in [6.45, 7) is 1.92. The van der Waals surface area contributed by atoms with Gasteiger partial charge in [0.1, 0.15) is 0 Å².